The number of halogens is 6. The first-order chi connectivity index (χ1) is 14.5. The minimum atomic E-state index is -5.01. The molecule has 0 fully saturated rings. The third-order valence-electron chi connectivity index (χ3n) is 4.77. The summed E-state index contributed by atoms with van der Waals surface area (Å²) in [7, 11) is 0. The largest absolute Gasteiger partial charge is 0.433 e. The summed E-state index contributed by atoms with van der Waals surface area (Å²) in [6.07, 6.45) is -11.5. The van der Waals surface area contributed by atoms with Crippen molar-refractivity contribution in [1.29, 1.82) is 0 Å². The summed E-state index contributed by atoms with van der Waals surface area (Å²) in [4.78, 5) is 3.20. The zero-order valence-electron chi connectivity index (χ0n) is 15.9. The standard InChI is InChI=1S/C21H18F6N2O2/c22-20(23,24)15-8-4-7-13-14(9-18(21(25,26)27)29-19(13)15)17(31)10-28-16(11-30)12-5-2-1-3-6-12/h1-9,16-17,28,30-31H,10-11H2/t16-,17-/m0/s1. The smallest absolute Gasteiger partial charge is 0.394 e. The van der Waals surface area contributed by atoms with E-state index in [4.69, 9.17) is 0 Å². The molecule has 2 aromatic carbocycles. The number of aliphatic hydroxyl groups is 2. The molecule has 1 heterocycles. The van der Waals surface area contributed by atoms with Gasteiger partial charge in [-0.1, -0.05) is 42.5 Å². The first-order valence-electron chi connectivity index (χ1n) is 9.17. The number of nitrogens with zero attached hydrogens (tertiary/aromatic N) is 1. The Kier molecular flexibility index (Phi) is 6.54. The lowest BCUT2D eigenvalue weighted by Gasteiger charge is -2.22. The molecular weight excluding hydrogens is 426 g/mol. The van der Waals surface area contributed by atoms with Crippen molar-refractivity contribution in [2.75, 3.05) is 13.2 Å². The van der Waals surface area contributed by atoms with Crippen molar-refractivity contribution in [3.05, 3.63) is 77.0 Å². The van der Waals surface area contributed by atoms with Crippen LogP contribution < -0.4 is 5.32 Å². The number of alkyl halides is 6. The maximum atomic E-state index is 13.3. The van der Waals surface area contributed by atoms with E-state index in [0.29, 0.717) is 17.7 Å². The highest BCUT2D eigenvalue weighted by Crippen LogP contribution is 2.38. The average molecular weight is 444 g/mol. The molecule has 31 heavy (non-hydrogen) atoms. The second-order valence-corrected chi connectivity index (χ2v) is 6.86. The van der Waals surface area contributed by atoms with Gasteiger partial charge in [-0.3, -0.25) is 0 Å². The molecule has 0 aliphatic carbocycles. The van der Waals surface area contributed by atoms with Crippen LogP contribution in [0.25, 0.3) is 10.9 Å². The van der Waals surface area contributed by atoms with Crippen molar-refractivity contribution in [3.8, 4) is 0 Å². The van der Waals surface area contributed by atoms with Crippen molar-refractivity contribution < 1.29 is 36.6 Å². The van der Waals surface area contributed by atoms with E-state index in [1.165, 1.54) is 6.07 Å². The molecule has 0 bridgehead atoms. The van der Waals surface area contributed by atoms with Gasteiger partial charge in [-0.05, 0) is 23.3 Å². The fourth-order valence-corrected chi connectivity index (χ4v) is 3.26. The summed E-state index contributed by atoms with van der Waals surface area (Å²) in [5.41, 5.74) is -3.42. The average Bonchev–Trinajstić information content (AvgIpc) is 2.72. The van der Waals surface area contributed by atoms with Gasteiger partial charge < -0.3 is 15.5 Å². The van der Waals surface area contributed by atoms with Gasteiger partial charge in [0.2, 0.25) is 0 Å². The monoisotopic (exact) mass is 444 g/mol. The van der Waals surface area contributed by atoms with E-state index in [9.17, 15) is 36.6 Å². The molecular formula is C21H18F6N2O2. The number of hydrogen-bond acceptors (Lipinski definition) is 4. The first kappa shape index (κ1) is 23.0. The van der Waals surface area contributed by atoms with Gasteiger partial charge >= 0.3 is 12.4 Å². The van der Waals surface area contributed by atoms with Crippen LogP contribution in [0.1, 0.15) is 34.5 Å². The molecule has 3 rings (SSSR count). The number of rotatable bonds is 6. The van der Waals surface area contributed by atoms with Gasteiger partial charge in [0, 0.05) is 11.9 Å². The summed E-state index contributed by atoms with van der Waals surface area (Å²) < 4.78 is 79.9. The summed E-state index contributed by atoms with van der Waals surface area (Å²) in [6.45, 7) is -0.674. The van der Waals surface area contributed by atoms with Crippen LogP contribution in [0.15, 0.2) is 54.6 Å². The van der Waals surface area contributed by atoms with Crippen molar-refractivity contribution >= 4 is 10.9 Å². The molecule has 3 N–H and O–H groups in total. The molecule has 166 valence electrons. The number of fused-ring (bicyclic) bond motifs is 1. The lowest BCUT2D eigenvalue weighted by molar-refractivity contribution is -0.142. The number of hydrogen-bond donors (Lipinski definition) is 3. The summed E-state index contributed by atoms with van der Waals surface area (Å²) in [5.74, 6) is 0. The molecule has 4 nitrogen and oxygen atoms in total. The van der Waals surface area contributed by atoms with Crippen LogP contribution in [-0.2, 0) is 12.4 Å². The normalized spacial score (nSPS) is 14.6. The topological polar surface area (TPSA) is 65.4 Å². The summed E-state index contributed by atoms with van der Waals surface area (Å²) in [5, 5.41) is 22.7. The van der Waals surface area contributed by atoms with Crippen LogP contribution in [0.2, 0.25) is 0 Å². The molecule has 3 aromatic rings. The molecule has 0 aliphatic rings. The van der Waals surface area contributed by atoms with E-state index in [1.807, 2.05) is 0 Å². The number of para-hydroxylation sites is 1. The minimum Gasteiger partial charge on any atom is -0.394 e. The Labute approximate surface area is 173 Å². The quantitative estimate of drug-likeness (QED) is 0.485. The highest BCUT2D eigenvalue weighted by atomic mass is 19.4. The van der Waals surface area contributed by atoms with E-state index in [0.717, 1.165) is 6.07 Å². The first-order valence-corrected chi connectivity index (χ1v) is 9.17. The Morgan fingerprint density at radius 3 is 2.16 bits per heavy atom. The van der Waals surface area contributed by atoms with Gasteiger partial charge in [-0.2, -0.15) is 26.3 Å². The molecule has 0 aliphatic heterocycles. The second-order valence-electron chi connectivity index (χ2n) is 6.86. The van der Waals surface area contributed by atoms with Crippen molar-refractivity contribution in [1.82, 2.24) is 10.3 Å². The Hall–Kier alpha value is -2.69. The Balaban J connectivity index is 2.02. The van der Waals surface area contributed by atoms with E-state index in [2.05, 4.69) is 10.3 Å². The molecule has 0 saturated heterocycles. The highest BCUT2D eigenvalue weighted by Gasteiger charge is 2.38. The third-order valence-corrected chi connectivity index (χ3v) is 4.77. The van der Waals surface area contributed by atoms with Gasteiger partial charge in [-0.15, -0.1) is 0 Å². The van der Waals surface area contributed by atoms with Crippen LogP contribution in [0.4, 0.5) is 26.3 Å². The molecule has 0 amide bonds. The zero-order valence-corrected chi connectivity index (χ0v) is 15.9. The van der Waals surface area contributed by atoms with Crippen LogP contribution >= 0.6 is 0 Å². The number of aliphatic hydroxyl groups excluding tert-OH is 2. The summed E-state index contributed by atoms with van der Waals surface area (Å²) >= 11 is 0. The van der Waals surface area contributed by atoms with Crippen LogP contribution in [0.3, 0.4) is 0 Å². The lowest BCUT2D eigenvalue weighted by Crippen LogP contribution is -2.29. The van der Waals surface area contributed by atoms with Crippen molar-refractivity contribution in [2.24, 2.45) is 0 Å². The molecule has 0 spiro atoms. The fourth-order valence-electron chi connectivity index (χ4n) is 3.26. The minimum absolute atomic E-state index is 0.239. The van der Waals surface area contributed by atoms with E-state index in [-0.39, 0.29) is 24.1 Å². The number of nitrogens with one attached hydrogen (secondary N) is 1. The van der Waals surface area contributed by atoms with Crippen LogP contribution in [-0.4, -0.2) is 28.3 Å². The predicted molar refractivity (Wildman–Crippen MR) is 101 cm³/mol. The predicted octanol–water partition coefficient (Wildman–Crippen LogP) is 4.63. The SMILES string of the molecule is OC[C@H](NC[C@H](O)c1cc(C(F)(F)F)nc2c(C(F)(F)F)cccc12)c1ccccc1. The number of aromatic nitrogens is 1. The van der Waals surface area contributed by atoms with E-state index < -0.39 is 41.3 Å². The fraction of sp³-hybridized carbons (Fsp3) is 0.286. The van der Waals surface area contributed by atoms with E-state index in [1.54, 1.807) is 30.3 Å². The van der Waals surface area contributed by atoms with Crippen molar-refractivity contribution in [2.45, 2.75) is 24.5 Å². The lowest BCUT2D eigenvalue weighted by atomic mass is 9.99. The molecule has 2 atom stereocenters. The Bertz CT molecular complexity index is 1040. The highest BCUT2D eigenvalue weighted by molar-refractivity contribution is 5.86. The molecule has 1 aromatic heterocycles. The van der Waals surface area contributed by atoms with Gasteiger partial charge in [0.1, 0.15) is 5.69 Å². The maximum absolute atomic E-state index is 13.3. The van der Waals surface area contributed by atoms with Crippen molar-refractivity contribution in [3.63, 3.8) is 0 Å². The molecule has 0 unspecified atom stereocenters. The van der Waals surface area contributed by atoms with Crippen LogP contribution in [0, 0.1) is 0 Å². The maximum Gasteiger partial charge on any atom is 0.433 e. The zero-order chi connectivity index (χ0) is 22.8. The van der Waals surface area contributed by atoms with E-state index >= 15 is 0 Å². The summed E-state index contributed by atoms with van der Waals surface area (Å²) in [6, 6.07) is 11.4. The van der Waals surface area contributed by atoms with Gasteiger partial charge in [-0.25, -0.2) is 4.98 Å². The molecule has 0 saturated carbocycles. The molecule has 0 radical (unpaired) electrons. The third kappa shape index (κ3) is 5.15. The van der Waals surface area contributed by atoms with Gasteiger partial charge in [0.25, 0.3) is 0 Å². The Morgan fingerprint density at radius 2 is 1.58 bits per heavy atom. The Morgan fingerprint density at radius 1 is 0.903 bits per heavy atom. The van der Waals surface area contributed by atoms with Crippen LogP contribution in [0.5, 0.6) is 0 Å². The van der Waals surface area contributed by atoms with Gasteiger partial charge in [0.15, 0.2) is 0 Å². The van der Waals surface area contributed by atoms with Gasteiger partial charge in [0.05, 0.1) is 29.8 Å². The number of pyridine rings is 1. The second kappa shape index (κ2) is 8.81. The number of benzene rings is 2. The molecule has 10 heteroatoms.